The van der Waals surface area contributed by atoms with Crippen LogP contribution in [0.5, 0.6) is 0 Å². The zero-order valence-electron chi connectivity index (χ0n) is 18.2. The number of amides is 2. The van der Waals surface area contributed by atoms with Gasteiger partial charge >= 0.3 is 5.97 Å². The first-order valence-corrected chi connectivity index (χ1v) is 10.9. The number of benzene rings is 1. The summed E-state index contributed by atoms with van der Waals surface area (Å²) in [7, 11) is 1.28. The van der Waals surface area contributed by atoms with Crippen molar-refractivity contribution < 1.29 is 19.1 Å². The van der Waals surface area contributed by atoms with E-state index < -0.39 is 5.97 Å². The van der Waals surface area contributed by atoms with E-state index in [0.29, 0.717) is 16.7 Å². The predicted octanol–water partition coefficient (Wildman–Crippen LogP) is 3.45. The van der Waals surface area contributed by atoms with E-state index in [2.05, 4.69) is 29.2 Å². The number of nitrogens with one attached hydrogen (secondary N) is 2. The van der Waals surface area contributed by atoms with Crippen LogP contribution in [0, 0.1) is 22.2 Å². The first kappa shape index (κ1) is 20.9. The summed E-state index contributed by atoms with van der Waals surface area (Å²) in [4.78, 5) is 36.4. The molecule has 1 aromatic carbocycles. The number of hydrogen-bond donors (Lipinski definition) is 2. The van der Waals surface area contributed by atoms with Crippen molar-refractivity contribution in [1.29, 1.82) is 0 Å². The van der Waals surface area contributed by atoms with Gasteiger partial charge in [0.25, 0.3) is 0 Å². The number of ether oxygens (including phenoxy) is 1. The first-order valence-electron chi connectivity index (χ1n) is 10.9. The van der Waals surface area contributed by atoms with E-state index in [4.69, 9.17) is 0 Å². The highest BCUT2D eigenvalue weighted by Gasteiger charge is 2.62. The molecule has 4 bridgehead atoms. The Morgan fingerprint density at radius 1 is 1.00 bits per heavy atom. The second kappa shape index (κ2) is 7.40. The molecule has 2 amide bonds. The van der Waals surface area contributed by atoms with Gasteiger partial charge in [-0.2, -0.15) is 0 Å². The minimum Gasteiger partial charge on any atom is -0.468 e. The molecule has 0 aliphatic heterocycles. The lowest BCUT2D eigenvalue weighted by Crippen LogP contribution is -2.58. The molecule has 4 saturated carbocycles. The Morgan fingerprint density at radius 2 is 1.63 bits per heavy atom. The van der Waals surface area contributed by atoms with Crippen molar-refractivity contribution in [3.8, 4) is 0 Å². The molecule has 0 radical (unpaired) electrons. The zero-order valence-corrected chi connectivity index (χ0v) is 18.2. The molecule has 0 saturated heterocycles. The van der Waals surface area contributed by atoms with Crippen molar-refractivity contribution in [2.45, 2.75) is 58.8 Å². The number of anilines is 1. The van der Waals surface area contributed by atoms with Crippen LogP contribution in [0.2, 0.25) is 0 Å². The third kappa shape index (κ3) is 4.09. The largest absolute Gasteiger partial charge is 0.468 e. The zero-order chi connectivity index (χ0) is 21.6. The second-order valence-corrected chi connectivity index (χ2v) is 10.6. The Bertz CT molecular complexity index is 844. The van der Waals surface area contributed by atoms with Gasteiger partial charge in [-0.15, -0.1) is 0 Å². The molecule has 5 rings (SSSR count). The number of methoxy groups -OCH3 is 1. The molecule has 0 spiro atoms. The van der Waals surface area contributed by atoms with E-state index in [1.807, 2.05) is 24.3 Å². The molecule has 1 aromatic rings. The van der Waals surface area contributed by atoms with Gasteiger partial charge in [-0.3, -0.25) is 14.4 Å². The van der Waals surface area contributed by atoms with Gasteiger partial charge in [0, 0.05) is 5.69 Å². The lowest BCUT2D eigenvalue weighted by atomic mass is 9.40. The number of carbonyl (C=O) groups excluding carboxylic acids is 3. The van der Waals surface area contributed by atoms with Gasteiger partial charge in [0.15, 0.2) is 0 Å². The van der Waals surface area contributed by atoms with E-state index in [-0.39, 0.29) is 30.2 Å². The highest BCUT2D eigenvalue weighted by atomic mass is 16.5. The predicted molar refractivity (Wildman–Crippen MR) is 114 cm³/mol. The maximum absolute atomic E-state index is 13.4. The van der Waals surface area contributed by atoms with Crippen molar-refractivity contribution in [3.63, 3.8) is 0 Å². The fraction of sp³-hybridized carbons (Fsp3) is 0.625. The standard InChI is InChI=1S/C24H32N2O4/c1-22-9-17-10-23(2,13-22)15-24(11-17,14-22)21(29)26-18-6-4-16(5-7-18)8-19(27)25-12-20(28)30-3/h4-7,17H,8-15H2,1-3H3,(H,25,27)(H,26,29). The summed E-state index contributed by atoms with van der Waals surface area (Å²) >= 11 is 0. The SMILES string of the molecule is COC(=O)CNC(=O)Cc1ccc(NC(=O)C23CC4CC(C)(CC(C)(C4)C2)C3)cc1. The molecule has 2 atom stereocenters. The molecule has 2 N–H and O–H groups in total. The minimum absolute atomic E-state index is 0.135. The number of esters is 1. The van der Waals surface area contributed by atoms with Crippen LogP contribution in [-0.2, 0) is 25.5 Å². The van der Waals surface area contributed by atoms with Gasteiger partial charge in [-0.1, -0.05) is 26.0 Å². The second-order valence-electron chi connectivity index (χ2n) is 10.6. The van der Waals surface area contributed by atoms with Gasteiger partial charge in [-0.05, 0) is 73.0 Å². The van der Waals surface area contributed by atoms with Crippen molar-refractivity contribution in [2.24, 2.45) is 22.2 Å². The summed E-state index contributed by atoms with van der Waals surface area (Å²) in [5, 5.41) is 5.69. The van der Waals surface area contributed by atoms with Crippen molar-refractivity contribution >= 4 is 23.5 Å². The van der Waals surface area contributed by atoms with E-state index in [9.17, 15) is 14.4 Å². The van der Waals surface area contributed by atoms with Gasteiger partial charge in [0.1, 0.15) is 6.54 Å². The Balaban J connectivity index is 1.37. The minimum atomic E-state index is -0.478. The van der Waals surface area contributed by atoms with Crippen molar-refractivity contribution in [3.05, 3.63) is 29.8 Å². The maximum atomic E-state index is 13.4. The lowest BCUT2D eigenvalue weighted by molar-refractivity contribution is -0.165. The van der Waals surface area contributed by atoms with Crippen LogP contribution in [0.4, 0.5) is 5.69 Å². The summed E-state index contributed by atoms with van der Waals surface area (Å²) in [6.45, 7) is 4.61. The van der Waals surface area contributed by atoms with Crippen LogP contribution < -0.4 is 10.6 Å². The van der Waals surface area contributed by atoms with Crippen LogP contribution in [0.1, 0.15) is 57.9 Å². The third-order valence-electron chi connectivity index (χ3n) is 7.34. The van der Waals surface area contributed by atoms with Gasteiger partial charge in [-0.25, -0.2) is 0 Å². The highest BCUT2D eigenvalue weighted by Crippen LogP contribution is 2.69. The fourth-order valence-corrected chi connectivity index (χ4v) is 7.16. The Labute approximate surface area is 178 Å². The number of carbonyl (C=O) groups is 3. The Hall–Kier alpha value is -2.37. The molecule has 0 aromatic heterocycles. The smallest absolute Gasteiger partial charge is 0.325 e. The Morgan fingerprint density at radius 3 is 2.20 bits per heavy atom. The van der Waals surface area contributed by atoms with E-state index in [1.54, 1.807) is 0 Å². The average molecular weight is 413 g/mol. The molecule has 0 heterocycles. The average Bonchev–Trinajstić information content (AvgIpc) is 2.64. The molecule has 162 valence electrons. The number of rotatable bonds is 6. The van der Waals surface area contributed by atoms with Crippen molar-refractivity contribution in [2.75, 3.05) is 19.0 Å². The first-order chi connectivity index (χ1) is 14.1. The molecular weight excluding hydrogens is 380 g/mol. The van der Waals surface area contributed by atoms with Crippen LogP contribution in [0.25, 0.3) is 0 Å². The van der Waals surface area contributed by atoms with Gasteiger partial charge in [0.2, 0.25) is 11.8 Å². The van der Waals surface area contributed by atoms with Crippen LogP contribution in [0.3, 0.4) is 0 Å². The van der Waals surface area contributed by atoms with E-state index in [0.717, 1.165) is 30.5 Å². The monoisotopic (exact) mass is 412 g/mol. The molecule has 30 heavy (non-hydrogen) atoms. The summed E-state index contributed by atoms with van der Waals surface area (Å²) < 4.78 is 4.51. The van der Waals surface area contributed by atoms with Crippen LogP contribution in [0.15, 0.2) is 24.3 Å². The summed E-state index contributed by atoms with van der Waals surface area (Å²) in [6.07, 6.45) is 6.97. The molecule has 4 aliphatic rings. The highest BCUT2D eigenvalue weighted by molar-refractivity contribution is 5.96. The van der Waals surface area contributed by atoms with Crippen molar-refractivity contribution in [1.82, 2.24) is 5.32 Å². The van der Waals surface area contributed by atoms with Gasteiger partial charge in [0.05, 0.1) is 18.9 Å². The lowest BCUT2D eigenvalue weighted by Gasteiger charge is -2.64. The maximum Gasteiger partial charge on any atom is 0.325 e. The third-order valence-corrected chi connectivity index (χ3v) is 7.34. The molecule has 4 fully saturated rings. The molecular formula is C24H32N2O4. The van der Waals surface area contributed by atoms with Crippen LogP contribution >= 0.6 is 0 Å². The summed E-state index contributed by atoms with van der Waals surface area (Å²) in [5.74, 6) is 0.113. The van der Waals surface area contributed by atoms with E-state index >= 15 is 0 Å². The van der Waals surface area contributed by atoms with Gasteiger partial charge < -0.3 is 15.4 Å². The molecule has 6 nitrogen and oxygen atoms in total. The molecule has 6 heteroatoms. The quantitative estimate of drug-likeness (QED) is 0.701. The van der Waals surface area contributed by atoms with E-state index in [1.165, 1.54) is 26.4 Å². The summed E-state index contributed by atoms with van der Waals surface area (Å²) in [6, 6.07) is 7.39. The summed E-state index contributed by atoms with van der Waals surface area (Å²) in [5.41, 5.74) is 1.95. The molecule has 4 aliphatic carbocycles. The molecule has 2 unspecified atom stereocenters. The normalized spacial score (nSPS) is 33.8. The topological polar surface area (TPSA) is 84.5 Å². The Kier molecular flexibility index (Phi) is 5.15. The van der Waals surface area contributed by atoms with Crippen LogP contribution in [-0.4, -0.2) is 31.4 Å². The fourth-order valence-electron chi connectivity index (χ4n) is 7.16. The number of hydrogen-bond acceptors (Lipinski definition) is 4.